The van der Waals surface area contributed by atoms with Crippen LogP contribution in [-0.2, 0) is 14.3 Å². The van der Waals surface area contributed by atoms with Crippen LogP contribution < -0.4 is 16.0 Å². The van der Waals surface area contributed by atoms with Crippen molar-refractivity contribution in [1.29, 1.82) is 0 Å². The molecule has 9 heteroatoms. The van der Waals surface area contributed by atoms with Gasteiger partial charge in [0.1, 0.15) is 0 Å². The van der Waals surface area contributed by atoms with Gasteiger partial charge in [-0.25, -0.2) is 13.2 Å². The Morgan fingerprint density at radius 2 is 1.92 bits per heavy atom. The van der Waals surface area contributed by atoms with Crippen molar-refractivity contribution in [2.75, 3.05) is 31.6 Å². The molecular weight excluding hydrogens is 327 g/mol. The van der Waals surface area contributed by atoms with Gasteiger partial charge in [0.2, 0.25) is 11.8 Å². The number of benzene rings is 1. The number of hydrogen-bond donors (Lipinski definition) is 3. The van der Waals surface area contributed by atoms with E-state index >= 15 is 0 Å². The number of nitrogens with one attached hydrogen (secondary N) is 3. The summed E-state index contributed by atoms with van der Waals surface area (Å²) < 4.78 is 44.6. The van der Waals surface area contributed by atoms with Gasteiger partial charge in [-0.2, -0.15) is 0 Å². The molecule has 2 rings (SSSR count). The highest BCUT2D eigenvalue weighted by Gasteiger charge is 2.16. The van der Waals surface area contributed by atoms with E-state index in [0.717, 1.165) is 25.5 Å². The van der Waals surface area contributed by atoms with Gasteiger partial charge in [-0.15, -0.1) is 0 Å². The first kappa shape index (κ1) is 18.2. The van der Waals surface area contributed by atoms with Crippen LogP contribution in [0.25, 0.3) is 0 Å². The van der Waals surface area contributed by atoms with E-state index in [1.54, 1.807) is 0 Å². The maximum atomic E-state index is 13.4. The third-order valence-corrected chi connectivity index (χ3v) is 3.44. The topological polar surface area (TPSA) is 79.5 Å². The van der Waals surface area contributed by atoms with E-state index in [0.29, 0.717) is 12.6 Å². The molecule has 0 spiro atoms. The first-order valence-corrected chi connectivity index (χ1v) is 7.49. The van der Waals surface area contributed by atoms with E-state index in [4.69, 9.17) is 4.74 Å². The van der Waals surface area contributed by atoms with Crippen molar-refractivity contribution in [1.82, 2.24) is 10.6 Å². The molecule has 1 unspecified atom stereocenters. The molecule has 1 aromatic rings. The molecule has 132 valence electrons. The van der Waals surface area contributed by atoms with Crippen molar-refractivity contribution in [3.05, 3.63) is 29.6 Å². The molecule has 1 aliphatic rings. The summed E-state index contributed by atoms with van der Waals surface area (Å²) in [6, 6.07) is 1.60. The summed E-state index contributed by atoms with van der Waals surface area (Å²) in [7, 11) is 0. The van der Waals surface area contributed by atoms with Gasteiger partial charge in [0, 0.05) is 13.2 Å². The smallest absolute Gasteiger partial charge is 0.243 e. The monoisotopic (exact) mass is 345 g/mol. The Hall–Kier alpha value is -2.13. The van der Waals surface area contributed by atoms with Crippen LogP contribution in [0.4, 0.5) is 18.9 Å². The van der Waals surface area contributed by atoms with E-state index < -0.39 is 41.5 Å². The molecular formula is C15H18F3N3O3. The number of rotatable bonds is 7. The molecule has 2 amide bonds. The maximum Gasteiger partial charge on any atom is 0.243 e. The number of hydrogen-bond acceptors (Lipinski definition) is 4. The second-order valence-corrected chi connectivity index (χ2v) is 5.31. The Morgan fingerprint density at radius 3 is 2.62 bits per heavy atom. The fourth-order valence-corrected chi connectivity index (χ4v) is 2.21. The molecule has 1 aliphatic heterocycles. The van der Waals surface area contributed by atoms with Crippen molar-refractivity contribution in [3.63, 3.8) is 0 Å². The van der Waals surface area contributed by atoms with Crippen LogP contribution in [0.2, 0.25) is 0 Å². The first-order valence-electron chi connectivity index (χ1n) is 7.49. The van der Waals surface area contributed by atoms with Crippen LogP contribution in [0.1, 0.15) is 12.8 Å². The molecule has 1 aromatic carbocycles. The molecule has 1 atom stereocenters. The molecule has 0 bridgehead atoms. The Kier molecular flexibility index (Phi) is 6.56. The summed E-state index contributed by atoms with van der Waals surface area (Å²) in [4.78, 5) is 23.2. The zero-order valence-electron chi connectivity index (χ0n) is 12.8. The van der Waals surface area contributed by atoms with Gasteiger partial charge in [-0.05, 0) is 25.0 Å². The molecule has 0 radical (unpaired) electrons. The number of anilines is 1. The summed E-state index contributed by atoms with van der Waals surface area (Å²) in [6.07, 6.45) is 2.04. The minimum absolute atomic E-state index is 0.00662. The number of ether oxygens (including phenoxy) is 1. The number of amides is 2. The van der Waals surface area contributed by atoms with Crippen molar-refractivity contribution in [2.24, 2.45) is 0 Å². The predicted octanol–water partition coefficient (Wildman–Crippen LogP) is 0.927. The van der Waals surface area contributed by atoms with Crippen LogP contribution in [0.15, 0.2) is 12.1 Å². The van der Waals surface area contributed by atoms with Gasteiger partial charge in [0.25, 0.3) is 0 Å². The van der Waals surface area contributed by atoms with Crippen LogP contribution in [0.3, 0.4) is 0 Å². The average molecular weight is 345 g/mol. The van der Waals surface area contributed by atoms with Gasteiger partial charge >= 0.3 is 0 Å². The summed E-state index contributed by atoms with van der Waals surface area (Å²) in [5.41, 5.74) is -0.496. The van der Waals surface area contributed by atoms with E-state index in [2.05, 4.69) is 16.0 Å². The first-order chi connectivity index (χ1) is 11.5. The number of halogens is 3. The van der Waals surface area contributed by atoms with Crippen molar-refractivity contribution >= 4 is 17.5 Å². The quantitative estimate of drug-likeness (QED) is 0.643. The standard InChI is InChI=1S/C15H18F3N3O3/c16-10-3-4-11(15(18)14(10)17)21-13(23)8-20-12(22)7-19-6-9-2-1-5-24-9/h3-4,9,19H,1-2,5-8H2,(H,20,22)(H,21,23). The van der Waals surface area contributed by atoms with E-state index in [1.807, 2.05) is 0 Å². The maximum absolute atomic E-state index is 13.4. The van der Waals surface area contributed by atoms with Gasteiger partial charge in [0.05, 0.1) is 24.9 Å². The van der Waals surface area contributed by atoms with Gasteiger partial charge < -0.3 is 20.7 Å². The predicted molar refractivity (Wildman–Crippen MR) is 79.8 cm³/mol. The summed E-state index contributed by atoms with van der Waals surface area (Å²) in [6.45, 7) is 0.852. The highest BCUT2D eigenvalue weighted by Crippen LogP contribution is 2.19. The largest absolute Gasteiger partial charge is 0.377 e. The van der Waals surface area contributed by atoms with Crippen LogP contribution in [-0.4, -0.2) is 44.2 Å². The second kappa shape index (κ2) is 8.65. The lowest BCUT2D eigenvalue weighted by Crippen LogP contribution is -2.40. The van der Waals surface area contributed by atoms with Gasteiger partial charge in [-0.1, -0.05) is 0 Å². The fraction of sp³-hybridized carbons (Fsp3) is 0.467. The van der Waals surface area contributed by atoms with Crippen LogP contribution in [0, 0.1) is 17.5 Å². The van der Waals surface area contributed by atoms with E-state index in [9.17, 15) is 22.8 Å². The Bertz CT molecular complexity index is 607. The average Bonchev–Trinajstić information content (AvgIpc) is 3.07. The molecule has 24 heavy (non-hydrogen) atoms. The lowest BCUT2D eigenvalue weighted by atomic mass is 10.2. The summed E-state index contributed by atoms with van der Waals surface area (Å²) in [5.74, 6) is -5.69. The zero-order valence-corrected chi connectivity index (χ0v) is 12.8. The second-order valence-electron chi connectivity index (χ2n) is 5.31. The molecule has 0 saturated carbocycles. The number of carbonyl (C=O) groups is 2. The van der Waals surface area contributed by atoms with E-state index in [-0.39, 0.29) is 12.6 Å². The summed E-state index contributed by atoms with van der Waals surface area (Å²) >= 11 is 0. The molecule has 0 aliphatic carbocycles. The van der Waals surface area contributed by atoms with Crippen molar-refractivity contribution < 1.29 is 27.5 Å². The lowest BCUT2D eigenvalue weighted by molar-refractivity contribution is -0.123. The molecule has 1 saturated heterocycles. The fourth-order valence-electron chi connectivity index (χ4n) is 2.21. The van der Waals surface area contributed by atoms with Crippen molar-refractivity contribution in [2.45, 2.75) is 18.9 Å². The van der Waals surface area contributed by atoms with Gasteiger partial charge in [0.15, 0.2) is 17.5 Å². The third kappa shape index (κ3) is 5.20. The number of carbonyl (C=O) groups excluding carboxylic acids is 2. The molecule has 1 fully saturated rings. The molecule has 0 aromatic heterocycles. The van der Waals surface area contributed by atoms with Crippen LogP contribution in [0.5, 0.6) is 0 Å². The van der Waals surface area contributed by atoms with E-state index in [1.165, 1.54) is 0 Å². The normalized spacial score (nSPS) is 16.9. The minimum Gasteiger partial charge on any atom is -0.377 e. The van der Waals surface area contributed by atoms with Crippen LogP contribution >= 0.6 is 0 Å². The third-order valence-electron chi connectivity index (χ3n) is 3.44. The van der Waals surface area contributed by atoms with Gasteiger partial charge in [-0.3, -0.25) is 9.59 Å². The highest BCUT2D eigenvalue weighted by atomic mass is 19.2. The molecule has 1 heterocycles. The minimum atomic E-state index is -1.67. The highest BCUT2D eigenvalue weighted by molar-refractivity contribution is 5.94. The molecule has 6 nitrogen and oxygen atoms in total. The lowest BCUT2D eigenvalue weighted by Gasteiger charge is -2.11. The SMILES string of the molecule is O=C(CNCC1CCCO1)NCC(=O)Nc1ccc(F)c(F)c1F. The van der Waals surface area contributed by atoms with Crippen molar-refractivity contribution in [3.8, 4) is 0 Å². The Morgan fingerprint density at radius 1 is 1.12 bits per heavy atom. The zero-order chi connectivity index (χ0) is 17.5. The Balaban J connectivity index is 1.68. The Labute approximate surface area is 136 Å². The summed E-state index contributed by atoms with van der Waals surface area (Å²) in [5, 5.41) is 7.29. The molecule has 3 N–H and O–H groups in total.